The van der Waals surface area contributed by atoms with Gasteiger partial charge in [-0.1, -0.05) is 44.8 Å². The molecule has 2 atom stereocenters. The highest BCUT2D eigenvalue weighted by molar-refractivity contribution is 5.77. The molecular formula is C28H44N2O4. The highest BCUT2D eigenvalue weighted by Gasteiger charge is 2.31. The lowest BCUT2D eigenvalue weighted by Crippen LogP contribution is -2.28. The van der Waals surface area contributed by atoms with Crippen molar-refractivity contribution in [1.29, 1.82) is 0 Å². The fourth-order valence-electron chi connectivity index (χ4n) is 4.60. The van der Waals surface area contributed by atoms with Gasteiger partial charge in [-0.25, -0.2) is 0 Å². The Balaban J connectivity index is 2.61. The van der Waals surface area contributed by atoms with Crippen molar-refractivity contribution in [2.45, 2.75) is 71.6 Å². The molecule has 0 N–H and O–H groups in total. The molecule has 1 aliphatic rings. The van der Waals surface area contributed by atoms with Gasteiger partial charge < -0.3 is 9.47 Å². The van der Waals surface area contributed by atoms with Crippen molar-refractivity contribution < 1.29 is 19.1 Å². The lowest BCUT2D eigenvalue weighted by Gasteiger charge is -2.31. The summed E-state index contributed by atoms with van der Waals surface area (Å²) < 4.78 is 12.0. The van der Waals surface area contributed by atoms with Crippen molar-refractivity contribution in [1.82, 2.24) is 9.80 Å². The number of unbranched alkanes of at least 4 members (excludes halogenated alkanes) is 2. The Hall–Kier alpha value is -2.18. The fraction of sp³-hybridized carbons (Fsp3) is 0.643. The van der Waals surface area contributed by atoms with E-state index in [0.717, 1.165) is 56.1 Å². The van der Waals surface area contributed by atoms with Gasteiger partial charge in [0.15, 0.2) is 0 Å². The first kappa shape index (κ1) is 28.1. The molecule has 0 amide bonds. The molecule has 0 bridgehead atoms. The Bertz CT molecular complexity index is 815. The third-order valence-electron chi connectivity index (χ3n) is 6.31. The van der Waals surface area contributed by atoms with E-state index >= 15 is 0 Å². The number of hydrogen-bond acceptors (Lipinski definition) is 6. The van der Waals surface area contributed by atoms with Crippen LogP contribution in [0.1, 0.15) is 76.3 Å². The molecule has 1 aromatic rings. The number of nitrogens with zero attached hydrogens (tertiary/aromatic N) is 2. The number of allylic oxidation sites excluding steroid dienone is 2. The van der Waals surface area contributed by atoms with E-state index in [-0.39, 0.29) is 30.9 Å². The summed E-state index contributed by atoms with van der Waals surface area (Å²) in [5, 5.41) is 0. The molecule has 0 aromatic heterocycles. The van der Waals surface area contributed by atoms with Gasteiger partial charge in [-0.15, -0.1) is 0 Å². The van der Waals surface area contributed by atoms with Crippen molar-refractivity contribution >= 4 is 11.9 Å². The number of benzene rings is 1. The second kappa shape index (κ2) is 13.6. The average Bonchev–Trinajstić information content (AvgIpc) is 2.72. The van der Waals surface area contributed by atoms with Crippen LogP contribution in [-0.4, -0.2) is 63.0 Å². The van der Waals surface area contributed by atoms with Crippen molar-refractivity contribution in [2.75, 3.05) is 41.3 Å². The number of rotatable bonds is 12. The van der Waals surface area contributed by atoms with Gasteiger partial charge in [0, 0.05) is 11.5 Å². The minimum atomic E-state index is -0.313. The molecule has 0 aliphatic heterocycles. The summed E-state index contributed by atoms with van der Waals surface area (Å²) in [5.41, 5.74) is 3.17. The summed E-state index contributed by atoms with van der Waals surface area (Å²) in [5.74, 6) is 0.866. The van der Waals surface area contributed by atoms with Crippen molar-refractivity contribution in [3.63, 3.8) is 0 Å². The van der Waals surface area contributed by atoms with Crippen molar-refractivity contribution in [3.05, 3.63) is 34.9 Å². The molecule has 0 heterocycles. The third-order valence-corrected chi connectivity index (χ3v) is 6.31. The zero-order chi connectivity index (χ0) is 25.3. The third kappa shape index (κ3) is 8.55. The van der Waals surface area contributed by atoms with Gasteiger partial charge in [0.05, 0.1) is 13.1 Å². The number of likely N-dealkylation sites (N-methyl/N-ethyl adjacent to an activating group) is 2. The molecule has 0 saturated heterocycles. The second-order valence-corrected chi connectivity index (χ2v) is 10.1. The molecule has 6 heteroatoms. The largest absolute Gasteiger partial charge is 0.425 e. The minimum absolute atomic E-state index is 0.0350. The van der Waals surface area contributed by atoms with Crippen LogP contribution in [-0.2, 0) is 16.0 Å². The SMILES string of the molecule is CCCCCc1cc(OC(=O)CN(C)C)c(C2C=C(C)CCC2CC)c(OC(=O)CN(C)C)c1. The lowest BCUT2D eigenvalue weighted by atomic mass is 9.75. The Kier molecular flexibility index (Phi) is 11.3. The lowest BCUT2D eigenvalue weighted by molar-refractivity contribution is -0.135. The number of ether oxygens (including phenoxy) is 2. The molecule has 1 aromatic carbocycles. The van der Waals surface area contributed by atoms with Crippen molar-refractivity contribution in [3.8, 4) is 11.5 Å². The van der Waals surface area contributed by atoms with Crippen LogP contribution >= 0.6 is 0 Å². The minimum Gasteiger partial charge on any atom is -0.425 e. The smallest absolute Gasteiger partial charge is 0.325 e. The maximum atomic E-state index is 12.7. The molecule has 2 rings (SSSR count). The van der Waals surface area contributed by atoms with Crippen molar-refractivity contribution in [2.24, 2.45) is 5.92 Å². The predicted octanol–water partition coefficient (Wildman–Crippen LogP) is 5.20. The van der Waals surface area contributed by atoms with E-state index in [1.165, 1.54) is 5.57 Å². The van der Waals surface area contributed by atoms with Gasteiger partial charge in [0.1, 0.15) is 11.5 Å². The molecule has 190 valence electrons. The van der Waals surface area contributed by atoms with E-state index < -0.39 is 0 Å². The van der Waals surface area contributed by atoms with E-state index in [9.17, 15) is 9.59 Å². The molecular weight excluding hydrogens is 428 g/mol. The first-order valence-electron chi connectivity index (χ1n) is 12.7. The first-order valence-corrected chi connectivity index (χ1v) is 12.7. The molecule has 0 fully saturated rings. The van der Waals surface area contributed by atoms with Gasteiger partial charge in [-0.05, 0) is 84.4 Å². The van der Waals surface area contributed by atoms with Gasteiger partial charge in [-0.3, -0.25) is 19.4 Å². The van der Waals surface area contributed by atoms with Crippen LogP contribution in [0.2, 0.25) is 0 Å². The van der Waals surface area contributed by atoms with E-state index in [0.29, 0.717) is 17.4 Å². The molecule has 0 radical (unpaired) electrons. The van der Waals surface area contributed by atoms with E-state index in [1.807, 2.05) is 40.3 Å². The Morgan fingerprint density at radius 3 is 1.97 bits per heavy atom. The molecule has 2 unspecified atom stereocenters. The molecule has 0 spiro atoms. The number of hydrogen-bond donors (Lipinski definition) is 0. The highest BCUT2D eigenvalue weighted by atomic mass is 16.5. The molecule has 0 saturated carbocycles. The fourth-order valence-corrected chi connectivity index (χ4v) is 4.60. The van der Waals surface area contributed by atoms with Gasteiger partial charge in [-0.2, -0.15) is 0 Å². The summed E-state index contributed by atoms with van der Waals surface area (Å²) >= 11 is 0. The van der Waals surface area contributed by atoms with Crippen LogP contribution in [0.4, 0.5) is 0 Å². The van der Waals surface area contributed by atoms with Gasteiger partial charge in [0.25, 0.3) is 0 Å². The summed E-state index contributed by atoms with van der Waals surface area (Å²) in [4.78, 5) is 29.1. The monoisotopic (exact) mass is 472 g/mol. The van der Waals surface area contributed by atoms with E-state index in [4.69, 9.17) is 9.47 Å². The Morgan fingerprint density at radius 1 is 0.941 bits per heavy atom. The van der Waals surface area contributed by atoms with Crippen LogP contribution in [0.5, 0.6) is 11.5 Å². The second-order valence-electron chi connectivity index (χ2n) is 10.1. The zero-order valence-electron chi connectivity index (χ0n) is 22.3. The molecule has 1 aliphatic carbocycles. The first-order chi connectivity index (χ1) is 16.1. The quantitative estimate of drug-likeness (QED) is 0.180. The summed E-state index contributed by atoms with van der Waals surface area (Å²) in [6.45, 7) is 6.89. The standard InChI is InChI=1S/C28H44N2O4/c1-8-10-11-12-21-16-24(33-26(31)18-29(4)5)28(23-15-20(3)13-14-22(23)9-2)25(17-21)34-27(32)19-30(6)7/h15-17,22-23H,8-14,18-19H2,1-7H3. The van der Waals surface area contributed by atoms with Crippen LogP contribution < -0.4 is 9.47 Å². The van der Waals surface area contributed by atoms with Crippen LogP contribution in [0.25, 0.3) is 0 Å². The summed E-state index contributed by atoms with van der Waals surface area (Å²) in [6, 6.07) is 3.98. The van der Waals surface area contributed by atoms with Crippen LogP contribution in [0, 0.1) is 5.92 Å². The normalized spacial score (nSPS) is 18.2. The average molecular weight is 473 g/mol. The number of carbonyl (C=O) groups excluding carboxylic acids is 2. The van der Waals surface area contributed by atoms with Gasteiger partial charge >= 0.3 is 11.9 Å². The molecule has 34 heavy (non-hydrogen) atoms. The highest BCUT2D eigenvalue weighted by Crippen LogP contribution is 2.46. The number of esters is 2. The maximum Gasteiger partial charge on any atom is 0.325 e. The van der Waals surface area contributed by atoms with Gasteiger partial charge in [0.2, 0.25) is 0 Å². The van der Waals surface area contributed by atoms with Crippen LogP contribution in [0.15, 0.2) is 23.8 Å². The van der Waals surface area contributed by atoms with E-state index in [1.54, 1.807) is 9.80 Å². The number of aryl methyl sites for hydroxylation is 1. The predicted molar refractivity (Wildman–Crippen MR) is 138 cm³/mol. The topological polar surface area (TPSA) is 59.1 Å². The Labute approximate surface area is 206 Å². The Morgan fingerprint density at radius 2 is 1.50 bits per heavy atom. The summed E-state index contributed by atoms with van der Waals surface area (Å²) in [7, 11) is 7.38. The summed E-state index contributed by atoms with van der Waals surface area (Å²) in [6.07, 6.45) is 9.54. The molecule has 6 nitrogen and oxygen atoms in total. The van der Waals surface area contributed by atoms with Crippen LogP contribution in [0.3, 0.4) is 0 Å². The maximum absolute atomic E-state index is 12.7. The zero-order valence-corrected chi connectivity index (χ0v) is 22.3. The number of carbonyl (C=O) groups is 2. The van der Waals surface area contributed by atoms with E-state index in [2.05, 4.69) is 26.8 Å².